The molecule has 146 valence electrons. The van der Waals surface area contributed by atoms with E-state index in [1.807, 2.05) is 0 Å². The van der Waals surface area contributed by atoms with Gasteiger partial charge in [0.1, 0.15) is 18.0 Å². The van der Waals surface area contributed by atoms with Crippen molar-refractivity contribution < 1.29 is 12.8 Å². The fraction of sp³-hybridized carbons (Fsp3) is 0.579. The lowest BCUT2D eigenvalue weighted by atomic mass is 10.1. The molecule has 4 rings (SSSR count). The molecule has 2 aliphatic rings. The molecule has 2 aromatic rings. The van der Waals surface area contributed by atoms with Crippen molar-refractivity contribution in [1.82, 2.24) is 19.1 Å². The van der Waals surface area contributed by atoms with Gasteiger partial charge in [-0.05, 0) is 62.6 Å². The van der Waals surface area contributed by atoms with E-state index in [-0.39, 0.29) is 10.9 Å². The van der Waals surface area contributed by atoms with Gasteiger partial charge >= 0.3 is 0 Å². The summed E-state index contributed by atoms with van der Waals surface area (Å²) in [5.41, 5.74) is 0.446. The second-order valence-electron chi connectivity index (χ2n) is 7.70. The van der Waals surface area contributed by atoms with Gasteiger partial charge in [0.25, 0.3) is 0 Å². The summed E-state index contributed by atoms with van der Waals surface area (Å²) in [6, 6.07) is 4.07. The van der Waals surface area contributed by atoms with Gasteiger partial charge in [-0.1, -0.05) is 6.07 Å². The molecule has 0 spiro atoms. The van der Waals surface area contributed by atoms with Gasteiger partial charge in [0.2, 0.25) is 10.0 Å². The number of aromatic nitrogens is 3. The quantitative estimate of drug-likeness (QED) is 0.727. The Kier molecular flexibility index (Phi) is 5.03. The standard InChI is InChI=1S/C19H25FN4O2S/c1-14-4-8-17(11-18(14)20)27(25,26)24-10-2-3-16(24)7-9-19-22-21-13-23(19)12-15-5-6-15/h4,8,11,13,15-16H,2-3,5-7,9-10,12H2,1H3. The van der Waals surface area contributed by atoms with E-state index in [1.165, 1.54) is 25.0 Å². The van der Waals surface area contributed by atoms with Crippen molar-refractivity contribution in [1.29, 1.82) is 0 Å². The molecule has 1 aliphatic carbocycles. The molecular formula is C19H25FN4O2S. The summed E-state index contributed by atoms with van der Waals surface area (Å²) in [4.78, 5) is 0.0365. The molecule has 1 aromatic heterocycles. The van der Waals surface area contributed by atoms with Crippen LogP contribution in [0, 0.1) is 18.7 Å². The summed E-state index contributed by atoms with van der Waals surface area (Å²) in [6.45, 7) is 3.07. The van der Waals surface area contributed by atoms with E-state index in [4.69, 9.17) is 0 Å². The molecule has 0 amide bonds. The number of aryl methyl sites for hydroxylation is 2. The van der Waals surface area contributed by atoms with Gasteiger partial charge in [0.15, 0.2) is 0 Å². The first-order valence-corrected chi connectivity index (χ1v) is 11.0. The molecule has 1 saturated carbocycles. The molecule has 1 saturated heterocycles. The van der Waals surface area contributed by atoms with E-state index >= 15 is 0 Å². The third-order valence-electron chi connectivity index (χ3n) is 5.62. The monoisotopic (exact) mass is 392 g/mol. The molecule has 0 N–H and O–H groups in total. The van der Waals surface area contributed by atoms with Crippen molar-refractivity contribution in [2.75, 3.05) is 6.54 Å². The lowest BCUT2D eigenvalue weighted by Gasteiger charge is -2.24. The molecule has 0 radical (unpaired) electrons. The van der Waals surface area contributed by atoms with Crippen molar-refractivity contribution >= 4 is 10.0 Å². The van der Waals surface area contributed by atoms with Gasteiger partial charge in [-0.15, -0.1) is 10.2 Å². The van der Waals surface area contributed by atoms with Gasteiger partial charge in [-0.25, -0.2) is 12.8 Å². The SMILES string of the molecule is Cc1ccc(S(=O)(=O)N2CCCC2CCc2nncn2CC2CC2)cc1F. The number of halogens is 1. The van der Waals surface area contributed by atoms with E-state index in [0.717, 1.165) is 37.2 Å². The van der Waals surface area contributed by atoms with Crippen LogP contribution in [0.15, 0.2) is 29.4 Å². The number of nitrogens with zero attached hydrogens (tertiary/aromatic N) is 4. The fourth-order valence-electron chi connectivity index (χ4n) is 3.78. The van der Waals surface area contributed by atoms with Gasteiger partial charge in [0, 0.05) is 25.6 Å². The Hall–Kier alpha value is -1.80. The summed E-state index contributed by atoms with van der Waals surface area (Å²) in [6.07, 6.45) is 7.35. The summed E-state index contributed by atoms with van der Waals surface area (Å²) < 4.78 is 43.6. The van der Waals surface area contributed by atoms with Crippen molar-refractivity contribution in [3.05, 3.63) is 41.7 Å². The average Bonchev–Trinajstić information content (AvgIpc) is 3.14. The zero-order chi connectivity index (χ0) is 19.0. The third kappa shape index (κ3) is 3.91. The maximum absolute atomic E-state index is 13.9. The van der Waals surface area contributed by atoms with Gasteiger partial charge in [0.05, 0.1) is 4.90 Å². The second kappa shape index (κ2) is 7.31. The first-order chi connectivity index (χ1) is 12.9. The van der Waals surface area contributed by atoms with Crippen LogP contribution in [0.5, 0.6) is 0 Å². The van der Waals surface area contributed by atoms with Crippen molar-refractivity contribution in [2.24, 2.45) is 5.92 Å². The van der Waals surface area contributed by atoms with E-state index in [9.17, 15) is 12.8 Å². The zero-order valence-corrected chi connectivity index (χ0v) is 16.3. The predicted molar refractivity (Wildman–Crippen MR) is 99.1 cm³/mol. The Balaban J connectivity index is 1.47. The molecule has 1 aliphatic heterocycles. The molecule has 8 heteroatoms. The normalized spacial score (nSPS) is 21.0. The van der Waals surface area contributed by atoms with Gasteiger partial charge in [-0.3, -0.25) is 0 Å². The Morgan fingerprint density at radius 2 is 2.07 bits per heavy atom. The fourth-order valence-corrected chi connectivity index (χ4v) is 5.52. The summed E-state index contributed by atoms with van der Waals surface area (Å²) in [5, 5.41) is 8.24. The summed E-state index contributed by atoms with van der Waals surface area (Å²) >= 11 is 0. The molecule has 2 heterocycles. The van der Waals surface area contributed by atoms with Crippen molar-refractivity contribution in [2.45, 2.75) is 62.9 Å². The van der Waals surface area contributed by atoms with Gasteiger partial charge in [-0.2, -0.15) is 4.31 Å². The van der Waals surface area contributed by atoms with Crippen LogP contribution in [-0.2, 0) is 23.0 Å². The highest BCUT2D eigenvalue weighted by molar-refractivity contribution is 7.89. The maximum atomic E-state index is 13.9. The van der Waals surface area contributed by atoms with Crippen LogP contribution >= 0.6 is 0 Å². The molecule has 1 aromatic carbocycles. The molecule has 1 atom stereocenters. The average molecular weight is 393 g/mol. The Bertz CT molecular complexity index is 924. The number of benzene rings is 1. The third-order valence-corrected chi connectivity index (χ3v) is 7.57. The highest BCUT2D eigenvalue weighted by Gasteiger charge is 2.35. The molecular weight excluding hydrogens is 367 g/mol. The van der Waals surface area contributed by atoms with E-state index < -0.39 is 15.8 Å². The van der Waals surface area contributed by atoms with Crippen LogP contribution in [0.25, 0.3) is 0 Å². The van der Waals surface area contributed by atoms with E-state index in [1.54, 1.807) is 17.6 Å². The van der Waals surface area contributed by atoms with E-state index in [2.05, 4.69) is 14.8 Å². The first kappa shape index (κ1) is 18.6. The maximum Gasteiger partial charge on any atom is 0.243 e. The summed E-state index contributed by atoms with van der Waals surface area (Å²) in [5.74, 6) is 1.17. The Morgan fingerprint density at radius 1 is 1.26 bits per heavy atom. The topological polar surface area (TPSA) is 68.1 Å². The zero-order valence-electron chi connectivity index (χ0n) is 15.5. The largest absolute Gasteiger partial charge is 0.317 e. The van der Waals surface area contributed by atoms with Crippen molar-refractivity contribution in [3.8, 4) is 0 Å². The minimum atomic E-state index is -3.69. The van der Waals surface area contributed by atoms with Crippen molar-refractivity contribution in [3.63, 3.8) is 0 Å². The lowest BCUT2D eigenvalue weighted by Crippen LogP contribution is -2.36. The minimum Gasteiger partial charge on any atom is -0.317 e. The number of hydrogen-bond donors (Lipinski definition) is 0. The molecule has 0 bridgehead atoms. The smallest absolute Gasteiger partial charge is 0.243 e. The van der Waals surface area contributed by atoms with Crippen LogP contribution < -0.4 is 0 Å². The number of sulfonamides is 1. The number of rotatable bonds is 7. The molecule has 27 heavy (non-hydrogen) atoms. The second-order valence-corrected chi connectivity index (χ2v) is 9.59. The molecule has 6 nitrogen and oxygen atoms in total. The van der Waals surface area contributed by atoms with Crippen LogP contribution in [0.1, 0.15) is 43.5 Å². The van der Waals surface area contributed by atoms with Crippen LogP contribution in [0.2, 0.25) is 0 Å². The van der Waals surface area contributed by atoms with Crippen LogP contribution in [0.3, 0.4) is 0 Å². The van der Waals surface area contributed by atoms with Crippen LogP contribution in [-0.4, -0.2) is 40.1 Å². The molecule has 2 fully saturated rings. The summed E-state index contributed by atoms with van der Waals surface area (Å²) in [7, 11) is -3.69. The highest BCUT2D eigenvalue weighted by Crippen LogP contribution is 2.32. The Labute approximate surface area is 159 Å². The van der Waals surface area contributed by atoms with E-state index in [0.29, 0.717) is 24.9 Å². The predicted octanol–water partition coefficient (Wildman–Crippen LogP) is 2.92. The van der Waals surface area contributed by atoms with Gasteiger partial charge < -0.3 is 4.57 Å². The lowest BCUT2D eigenvalue weighted by molar-refractivity contribution is 0.366. The molecule has 1 unspecified atom stereocenters. The first-order valence-electron chi connectivity index (χ1n) is 9.60. The number of hydrogen-bond acceptors (Lipinski definition) is 4. The minimum absolute atomic E-state index is 0.0365. The Morgan fingerprint density at radius 3 is 2.81 bits per heavy atom. The van der Waals surface area contributed by atoms with Crippen LogP contribution in [0.4, 0.5) is 4.39 Å². The highest BCUT2D eigenvalue weighted by atomic mass is 32.2.